The van der Waals surface area contributed by atoms with Crippen LogP contribution in [0.15, 0.2) is 24.3 Å². The summed E-state index contributed by atoms with van der Waals surface area (Å²) in [7, 11) is 1.83. The highest BCUT2D eigenvalue weighted by Crippen LogP contribution is 2.14. The Morgan fingerprint density at radius 2 is 2.12 bits per heavy atom. The van der Waals surface area contributed by atoms with E-state index in [0.29, 0.717) is 12.5 Å². The van der Waals surface area contributed by atoms with Crippen molar-refractivity contribution >= 4 is 11.6 Å². The van der Waals surface area contributed by atoms with Crippen LogP contribution in [0.4, 0.5) is 5.69 Å². The minimum atomic E-state index is 0.142. The molecule has 17 heavy (non-hydrogen) atoms. The maximum Gasteiger partial charge on any atom is 0.227 e. The van der Waals surface area contributed by atoms with Gasteiger partial charge in [-0.3, -0.25) is 4.79 Å². The Morgan fingerprint density at radius 1 is 1.41 bits per heavy atom. The predicted octanol–water partition coefficient (Wildman–Crippen LogP) is 2.35. The first-order chi connectivity index (χ1) is 8.00. The first-order valence-electron chi connectivity index (χ1n) is 6.07. The summed E-state index contributed by atoms with van der Waals surface area (Å²) in [5.74, 6) is 0.142. The largest absolute Gasteiger partial charge is 0.315 e. The van der Waals surface area contributed by atoms with Gasteiger partial charge in [-0.15, -0.1) is 0 Å². The fourth-order valence-electron chi connectivity index (χ4n) is 1.62. The molecule has 1 rings (SSSR count). The monoisotopic (exact) mass is 234 g/mol. The van der Waals surface area contributed by atoms with Gasteiger partial charge in [-0.05, 0) is 24.6 Å². The third-order valence-corrected chi connectivity index (χ3v) is 2.65. The molecule has 1 amide bonds. The molecule has 1 aromatic carbocycles. The summed E-state index contributed by atoms with van der Waals surface area (Å²) < 4.78 is 0. The summed E-state index contributed by atoms with van der Waals surface area (Å²) in [6, 6.07) is 8.41. The van der Waals surface area contributed by atoms with Gasteiger partial charge in [0.2, 0.25) is 5.91 Å². The van der Waals surface area contributed by atoms with Crippen molar-refractivity contribution in [3.8, 4) is 0 Å². The lowest BCUT2D eigenvalue weighted by molar-refractivity contribution is -0.118. The molecule has 0 saturated carbocycles. The maximum absolute atomic E-state index is 11.9. The Labute approximate surface area is 104 Å². The fourth-order valence-corrected chi connectivity index (χ4v) is 1.62. The van der Waals surface area contributed by atoms with E-state index >= 15 is 0 Å². The van der Waals surface area contributed by atoms with E-state index in [1.54, 1.807) is 4.90 Å². The number of benzene rings is 1. The SMILES string of the molecule is Cc1cccc(N(C)C(=O)CCNC(C)C)c1. The topological polar surface area (TPSA) is 32.3 Å². The minimum Gasteiger partial charge on any atom is -0.315 e. The molecule has 0 aromatic heterocycles. The smallest absolute Gasteiger partial charge is 0.227 e. The number of hydrogen-bond donors (Lipinski definition) is 1. The van der Waals surface area contributed by atoms with Crippen molar-refractivity contribution in [2.24, 2.45) is 0 Å². The average Bonchev–Trinajstić information content (AvgIpc) is 2.27. The van der Waals surface area contributed by atoms with Gasteiger partial charge in [0.1, 0.15) is 0 Å². The normalized spacial score (nSPS) is 10.6. The molecular weight excluding hydrogens is 212 g/mol. The molecule has 94 valence electrons. The van der Waals surface area contributed by atoms with Crippen molar-refractivity contribution < 1.29 is 4.79 Å². The molecule has 0 aliphatic carbocycles. The van der Waals surface area contributed by atoms with Crippen molar-refractivity contribution in [2.75, 3.05) is 18.5 Å². The van der Waals surface area contributed by atoms with Crippen molar-refractivity contribution in [2.45, 2.75) is 33.2 Å². The first-order valence-corrected chi connectivity index (χ1v) is 6.07. The van der Waals surface area contributed by atoms with Gasteiger partial charge in [0.15, 0.2) is 0 Å². The molecule has 1 N–H and O–H groups in total. The number of hydrogen-bond acceptors (Lipinski definition) is 2. The molecule has 0 heterocycles. The van der Waals surface area contributed by atoms with E-state index in [2.05, 4.69) is 19.2 Å². The predicted molar refractivity (Wildman–Crippen MR) is 72.3 cm³/mol. The zero-order valence-corrected chi connectivity index (χ0v) is 11.2. The van der Waals surface area contributed by atoms with Crippen LogP contribution in [0.25, 0.3) is 0 Å². The van der Waals surface area contributed by atoms with Crippen LogP contribution >= 0.6 is 0 Å². The van der Waals surface area contributed by atoms with Crippen LogP contribution in [0.2, 0.25) is 0 Å². The number of carbonyl (C=O) groups is 1. The second kappa shape index (κ2) is 6.40. The molecule has 3 heteroatoms. The fraction of sp³-hybridized carbons (Fsp3) is 0.500. The molecule has 0 saturated heterocycles. The highest BCUT2D eigenvalue weighted by Gasteiger charge is 2.10. The molecule has 3 nitrogen and oxygen atoms in total. The summed E-state index contributed by atoms with van der Waals surface area (Å²) in [4.78, 5) is 13.6. The summed E-state index contributed by atoms with van der Waals surface area (Å²) in [5, 5.41) is 3.25. The number of anilines is 1. The van der Waals surface area contributed by atoms with Crippen molar-refractivity contribution in [1.29, 1.82) is 0 Å². The zero-order valence-electron chi connectivity index (χ0n) is 11.2. The molecule has 0 aliphatic heterocycles. The van der Waals surface area contributed by atoms with Crippen molar-refractivity contribution in [1.82, 2.24) is 5.32 Å². The molecule has 0 atom stereocenters. The Morgan fingerprint density at radius 3 is 2.71 bits per heavy atom. The molecule has 0 unspecified atom stereocenters. The van der Waals surface area contributed by atoms with Crippen molar-refractivity contribution in [3.05, 3.63) is 29.8 Å². The zero-order chi connectivity index (χ0) is 12.8. The van der Waals surface area contributed by atoms with Gasteiger partial charge in [-0.1, -0.05) is 26.0 Å². The van der Waals surface area contributed by atoms with Crippen LogP contribution < -0.4 is 10.2 Å². The summed E-state index contributed by atoms with van der Waals surface area (Å²) in [6.07, 6.45) is 0.530. The van der Waals surface area contributed by atoms with Crippen LogP contribution in [0.1, 0.15) is 25.8 Å². The van der Waals surface area contributed by atoms with Gasteiger partial charge in [0, 0.05) is 31.7 Å². The standard InChI is InChI=1S/C14H22N2O/c1-11(2)15-9-8-14(17)16(4)13-7-5-6-12(3)10-13/h5-7,10-11,15H,8-9H2,1-4H3. The highest BCUT2D eigenvalue weighted by atomic mass is 16.2. The van der Waals surface area contributed by atoms with E-state index in [9.17, 15) is 4.79 Å². The number of aryl methyl sites for hydroxylation is 1. The number of carbonyl (C=O) groups excluding carboxylic acids is 1. The number of nitrogens with zero attached hydrogens (tertiary/aromatic N) is 1. The Balaban J connectivity index is 2.52. The van der Waals surface area contributed by atoms with Crippen LogP contribution in [0.3, 0.4) is 0 Å². The molecule has 1 aromatic rings. The third-order valence-electron chi connectivity index (χ3n) is 2.65. The summed E-state index contributed by atoms with van der Waals surface area (Å²) in [5.41, 5.74) is 2.13. The van der Waals surface area contributed by atoms with Gasteiger partial charge in [0.25, 0.3) is 0 Å². The average molecular weight is 234 g/mol. The lowest BCUT2D eigenvalue weighted by Gasteiger charge is -2.18. The van der Waals surface area contributed by atoms with E-state index in [4.69, 9.17) is 0 Å². The highest BCUT2D eigenvalue weighted by molar-refractivity contribution is 5.92. The number of nitrogens with one attached hydrogen (secondary N) is 1. The van der Waals surface area contributed by atoms with E-state index in [1.807, 2.05) is 38.2 Å². The minimum absolute atomic E-state index is 0.142. The lowest BCUT2D eigenvalue weighted by Crippen LogP contribution is -2.31. The van der Waals surface area contributed by atoms with Crippen molar-refractivity contribution in [3.63, 3.8) is 0 Å². The summed E-state index contributed by atoms with van der Waals surface area (Å²) >= 11 is 0. The molecular formula is C14H22N2O. The van der Waals surface area contributed by atoms with Gasteiger partial charge < -0.3 is 10.2 Å². The molecule has 0 bridgehead atoms. The van der Waals surface area contributed by atoms with Gasteiger partial charge in [0.05, 0.1) is 0 Å². The van der Waals surface area contributed by atoms with Gasteiger partial charge in [-0.2, -0.15) is 0 Å². The summed E-state index contributed by atoms with van der Waals surface area (Å²) in [6.45, 7) is 6.91. The third kappa shape index (κ3) is 4.57. The van der Waals surface area contributed by atoms with Crippen LogP contribution in [-0.2, 0) is 4.79 Å². The Bertz CT molecular complexity index is 374. The van der Waals surface area contributed by atoms with E-state index in [-0.39, 0.29) is 5.91 Å². The molecule has 0 fully saturated rings. The Kier molecular flexibility index (Phi) is 5.16. The second-order valence-electron chi connectivity index (χ2n) is 4.65. The Hall–Kier alpha value is -1.35. The lowest BCUT2D eigenvalue weighted by atomic mass is 10.2. The molecule has 0 spiro atoms. The molecule has 0 aliphatic rings. The van der Waals surface area contributed by atoms with Gasteiger partial charge >= 0.3 is 0 Å². The number of rotatable bonds is 5. The van der Waals surface area contributed by atoms with Crippen LogP contribution in [0.5, 0.6) is 0 Å². The first kappa shape index (κ1) is 13.7. The second-order valence-corrected chi connectivity index (χ2v) is 4.65. The maximum atomic E-state index is 11.9. The molecule has 0 radical (unpaired) electrons. The quantitative estimate of drug-likeness (QED) is 0.848. The van der Waals surface area contributed by atoms with Gasteiger partial charge in [-0.25, -0.2) is 0 Å². The van der Waals surface area contributed by atoms with E-state index in [0.717, 1.165) is 12.2 Å². The van der Waals surface area contributed by atoms with E-state index < -0.39 is 0 Å². The van der Waals surface area contributed by atoms with Crippen LogP contribution in [0, 0.1) is 6.92 Å². The number of amides is 1. The van der Waals surface area contributed by atoms with E-state index in [1.165, 1.54) is 5.56 Å². The van der Waals surface area contributed by atoms with Crippen LogP contribution in [-0.4, -0.2) is 25.5 Å².